The number of aromatic amines is 1. The fourth-order valence-corrected chi connectivity index (χ4v) is 3.28. The summed E-state index contributed by atoms with van der Waals surface area (Å²) in [5.74, 6) is 0.311. The first-order chi connectivity index (χ1) is 11.2. The van der Waals surface area contributed by atoms with E-state index >= 15 is 0 Å². The molecule has 1 aliphatic heterocycles. The molecule has 1 aliphatic rings. The maximum absolute atomic E-state index is 12.1. The van der Waals surface area contributed by atoms with Crippen molar-refractivity contribution in [3.63, 3.8) is 0 Å². The normalized spacial score (nSPS) is 15.9. The summed E-state index contributed by atoms with van der Waals surface area (Å²) in [7, 11) is 0. The van der Waals surface area contributed by atoms with Crippen LogP contribution in [0.2, 0.25) is 0 Å². The molecule has 0 amide bonds. The SMILES string of the molecule is CC1CNc2c1c1cc(-c3ccc(C#N)cc3)ccc1[nH]c2=O. The third-order valence-electron chi connectivity index (χ3n) is 4.48. The van der Waals surface area contributed by atoms with Crippen molar-refractivity contribution >= 4 is 16.6 Å². The lowest BCUT2D eigenvalue weighted by Crippen LogP contribution is -2.11. The molecule has 0 radical (unpaired) electrons. The van der Waals surface area contributed by atoms with Crippen molar-refractivity contribution in [2.75, 3.05) is 11.9 Å². The van der Waals surface area contributed by atoms with Gasteiger partial charge in [0.2, 0.25) is 0 Å². The quantitative estimate of drug-likeness (QED) is 0.721. The number of fused-ring (bicyclic) bond motifs is 3. The molecule has 0 spiro atoms. The smallest absolute Gasteiger partial charge is 0.272 e. The number of nitriles is 1. The van der Waals surface area contributed by atoms with Gasteiger partial charge in [0, 0.05) is 23.4 Å². The van der Waals surface area contributed by atoms with Gasteiger partial charge in [-0.1, -0.05) is 25.1 Å². The van der Waals surface area contributed by atoms with Crippen molar-refractivity contribution in [2.24, 2.45) is 0 Å². The first kappa shape index (κ1) is 13.6. The number of nitrogens with one attached hydrogen (secondary N) is 2. The van der Waals surface area contributed by atoms with Crippen LogP contribution in [0.25, 0.3) is 22.0 Å². The molecule has 4 nitrogen and oxygen atoms in total. The van der Waals surface area contributed by atoms with Gasteiger partial charge in [0.1, 0.15) is 5.69 Å². The van der Waals surface area contributed by atoms with E-state index in [1.807, 2.05) is 36.4 Å². The van der Waals surface area contributed by atoms with E-state index in [0.29, 0.717) is 17.2 Å². The highest BCUT2D eigenvalue weighted by molar-refractivity contribution is 5.91. The van der Waals surface area contributed by atoms with Gasteiger partial charge in [-0.3, -0.25) is 4.79 Å². The number of aromatic nitrogens is 1. The molecule has 0 aliphatic carbocycles. The standard InChI is InChI=1S/C19H15N3O/c1-11-10-21-18-17(11)15-8-14(6-7-16(15)22-19(18)23)13-4-2-12(9-20)3-5-13/h2-8,11,21H,10H2,1H3,(H,22,23). The van der Waals surface area contributed by atoms with Crippen molar-refractivity contribution in [1.29, 1.82) is 5.26 Å². The fourth-order valence-electron chi connectivity index (χ4n) is 3.28. The maximum atomic E-state index is 12.1. The largest absolute Gasteiger partial charge is 0.380 e. The topological polar surface area (TPSA) is 68.7 Å². The molecule has 2 heterocycles. The van der Waals surface area contributed by atoms with Crippen molar-refractivity contribution in [1.82, 2.24) is 4.98 Å². The average molecular weight is 301 g/mol. The van der Waals surface area contributed by atoms with Gasteiger partial charge in [0.05, 0.1) is 11.6 Å². The highest BCUT2D eigenvalue weighted by Crippen LogP contribution is 2.35. The van der Waals surface area contributed by atoms with Crippen LogP contribution >= 0.6 is 0 Å². The molecule has 1 aromatic heterocycles. The van der Waals surface area contributed by atoms with Crippen LogP contribution in [-0.2, 0) is 0 Å². The maximum Gasteiger partial charge on any atom is 0.272 e. The number of anilines is 1. The van der Waals surface area contributed by atoms with Gasteiger partial charge >= 0.3 is 0 Å². The van der Waals surface area contributed by atoms with Gasteiger partial charge in [-0.25, -0.2) is 0 Å². The van der Waals surface area contributed by atoms with E-state index in [1.54, 1.807) is 0 Å². The summed E-state index contributed by atoms with van der Waals surface area (Å²) in [4.78, 5) is 15.1. The van der Waals surface area contributed by atoms with E-state index in [9.17, 15) is 4.79 Å². The zero-order valence-electron chi connectivity index (χ0n) is 12.7. The lowest BCUT2D eigenvalue weighted by Gasteiger charge is -2.10. The van der Waals surface area contributed by atoms with E-state index in [2.05, 4.69) is 29.4 Å². The van der Waals surface area contributed by atoms with Crippen LogP contribution in [0.3, 0.4) is 0 Å². The van der Waals surface area contributed by atoms with Crippen LogP contribution in [0.15, 0.2) is 47.3 Å². The highest BCUT2D eigenvalue weighted by atomic mass is 16.1. The third-order valence-corrected chi connectivity index (χ3v) is 4.48. The zero-order valence-corrected chi connectivity index (χ0v) is 12.7. The number of rotatable bonds is 1. The molecule has 1 atom stereocenters. The Labute approximate surface area is 133 Å². The second kappa shape index (κ2) is 4.99. The van der Waals surface area contributed by atoms with Gasteiger partial charge in [-0.2, -0.15) is 5.26 Å². The summed E-state index contributed by atoms with van der Waals surface area (Å²) in [6, 6.07) is 15.8. The van der Waals surface area contributed by atoms with Gasteiger partial charge in [-0.05, 0) is 41.0 Å². The molecule has 0 fully saturated rings. The molecule has 23 heavy (non-hydrogen) atoms. The van der Waals surface area contributed by atoms with Crippen LogP contribution in [0.5, 0.6) is 0 Å². The highest BCUT2D eigenvalue weighted by Gasteiger charge is 2.24. The van der Waals surface area contributed by atoms with Gasteiger partial charge in [0.25, 0.3) is 5.56 Å². The molecule has 0 saturated carbocycles. The number of H-pyrrole nitrogens is 1. The van der Waals surface area contributed by atoms with Gasteiger partial charge in [-0.15, -0.1) is 0 Å². The van der Waals surface area contributed by atoms with Gasteiger partial charge in [0.15, 0.2) is 0 Å². The number of hydrogen-bond donors (Lipinski definition) is 2. The van der Waals surface area contributed by atoms with E-state index < -0.39 is 0 Å². The summed E-state index contributed by atoms with van der Waals surface area (Å²) >= 11 is 0. The van der Waals surface area contributed by atoms with Crippen LogP contribution in [-0.4, -0.2) is 11.5 Å². The first-order valence-electron chi connectivity index (χ1n) is 7.61. The number of nitrogens with zero attached hydrogens (tertiary/aromatic N) is 1. The third kappa shape index (κ3) is 2.09. The lowest BCUT2D eigenvalue weighted by molar-refractivity contribution is 0.860. The molecule has 2 aromatic carbocycles. The van der Waals surface area contributed by atoms with Crippen LogP contribution in [0.1, 0.15) is 24.0 Å². The molecule has 4 heteroatoms. The Bertz CT molecular complexity index is 1010. The van der Waals surface area contributed by atoms with Crippen LogP contribution in [0.4, 0.5) is 5.69 Å². The summed E-state index contributed by atoms with van der Waals surface area (Å²) in [5, 5.41) is 13.2. The first-order valence-corrected chi connectivity index (χ1v) is 7.61. The Balaban J connectivity index is 1.94. The average Bonchev–Trinajstić information content (AvgIpc) is 2.98. The van der Waals surface area contributed by atoms with E-state index in [0.717, 1.165) is 34.1 Å². The Kier molecular flexibility index (Phi) is 2.95. The second-order valence-electron chi connectivity index (χ2n) is 5.97. The molecule has 3 aromatic rings. The second-order valence-corrected chi connectivity index (χ2v) is 5.97. The van der Waals surface area contributed by atoms with E-state index in [4.69, 9.17) is 5.26 Å². The molecule has 0 bridgehead atoms. The molecule has 1 unspecified atom stereocenters. The summed E-state index contributed by atoms with van der Waals surface area (Å²) < 4.78 is 0. The molecule has 0 saturated heterocycles. The Morgan fingerprint density at radius 1 is 1.13 bits per heavy atom. The molecular weight excluding hydrogens is 286 g/mol. The van der Waals surface area contributed by atoms with Crippen molar-refractivity contribution in [3.8, 4) is 17.2 Å². The number of pyridine rings is 1. The predicted molar refractivity (Wildman–Crippen MR) is 91.6 cm³/mol. The van der Waals surface area contributed by atoms with Crippen LogP contribution in [0, 0.1) is 11.3 Å². The zero-order chi connectivity index (χ0) is 16.0. The molecule has 4 rings (SSSR count). The monoisotopic (exact) mass is 301 g/mol. The molecule has 112 valence electrons. The fraction of sp³-hybridized carbons (Fsp3) is 0.158. The van der Waals surface area contributed by atoms with E-state index in [-0.39, 0.29) is 5.56 Å². The van der Waals surface area contributed by atoms with Crippen molar-refractivity contribution in [2.45, 2.75) is 12.8 Å². The van der Waals surface area contributed by atoms with Crippen molar-refractivity contribution < 1.29 is 0 Å². The minimum absolute atomic E-state index is 0.0528. The summed E-state index contributed by atoms with van der Waals surface area (Å²) in [6.07, 6.45) is 0. The number of benzene rings is 2. The minimum atomic E-state index is -0.0528. The van der Waals surface area contributed by atoms with Crippen molar-refractivity contribution in [3.05, 3.63) is 63.9 Å². The summed E-state index contributed by atoms with van der Waals surface area (Å²) in [6.45, 7) is 2.92. The molecular formula is C19H15N3O. The Morgan fingerprint density at radius 3 is 2.61 bits per heavy atom. The predicted octanol–water partition coefficient (Wildman–Crippen LogP) is 3.60. The minimum Gasteiger partial charge on any atom is -0.380 e. The van der Waals surface area contributed by atoms with E-state index in [1.165, 1.54) is 0 Å². The summed E-state index contributed by atoms with van der Waals surface area (Å²) in [5.41, 5.74) is 5.39. The lowest BCUT2D eigenvalue weighted by atomic mass is 9.95. The van der Waals surface area contributed by atoms with Crippen LogP contribution < -0.4 is 10.9 Å². The number of hydrogen-bond acceptors (Lipinski definition) is 3. The Morgan fingerprint density at radius 2 is 1.87 bits per heavy atom. The molecule has 2 N–H and O–H groups in total. The Hall–Kier alpha value is -3.06. The van der Waals surface area contributed by atoms with Gasteiger partial charge < -0.3 is 10.3 Å².